The van der Waals surface area contributed by atoms with Gasteiger partial charge < -0.3 is 14.8 Å². The molecule has 6 nitrogen and oxygen atoms in total. The molecule has 0 bridgehead atoms. The summed E-state index contributed by atoms with van der Waals surface area (Å²) in [5.41, 5.74) is 1.31. The van der Waals surface area contributed by atoms with Gasteiger partial charge in [-0.1, -0.05) is 6.07 Å². The van der Waals surface area contributed by atoms with Crippen LogP contribution in [-0.4, -0.2) is 29.9 Å². The Bertz CT molecular complexity index is 761. The second-order valence-corrected chi connectivity index (χ2v) is 5.83. The minimum Gasteiger partial charge on any atom is -0.486 e. The Kier molecular flexibility index (Phi) is 5.28. The summed E-state index contributed by atoms with van der Waals surface area (Å²) in [6.45, 7) is 2.84. The van der Waals surface area contributed by atoms with Gasteiger partial charge in [0.15, 0.2) is 17.3 Å². The average Bonchev–Trinajstić information content (AvgIpc) is 2.66. The highest BCUT2D eigenvalue weighted by Crippen LogP contribution is 2.31. The molecule has 1 atom stereocenters. The van der Waals surface area contributed by atoms with Crippen LogP contribution in [0.2, 0.25) is 0 Å². The Balaban J connectivity index is 1.52. The first-order valence-electron chi connectivity index (χ1n) is 8.26. The fourth-order valence-electron chi connectivity index (χ4n) is 2.61. The van der Waals surface area contributed by atoms with Crippen LogP contribution in [0.4, 0.5) is 0 Å². The number of nitrogens with one attached hydrogen (secondary N) is 1. The van der Waals surface area contributed by atoms with Gasteiger partial charge in [0.05, 0.1) is 11.7 Å². The first kappa shape index (κ1) is 17.0. The van der Waals surface area contributed by atoms with Crippen LogP contribution in [0.5, 0.6) is 11.5 Å². The number of carbonyl (C=O) groups is 2. The molecule has 1 aliphatic heterocycles. The van der Waals surface area contributed by atoms with Crippen molar-refractivity contribution in [2.45, 2.75) is 25.8 Å². The maximum atomic E-state index is 12.3. The molecule has 1 N–H and O–H groups in total. The molecule has 6 heteroatoms. The summed E-state index contributed by atoms with van der Waals surface area (Å²) in [5.74, 6) is 0.941. The molecule has 0 aliphatic carbocycles. The van der Waals surface area contributed by atoms with Gasteiger partial charge in [-0.25, -0.2) is 0 Å². The Morgan fingerprint density at radius 3 is 2.68 bits per heavy atom. The SMILES string of the molecule is CC(NC(=O)CCC(=O)c1ccc2c(c1)OCCO2)c1ccccn1. The number of ketones is 1. The predicted octanol–water partition coefficient (Wildman–Crippen LogP) is 2.69. The Labute approximate surface area is 146 Å². The quantitative estimate of drug-likeness (QED) is 0.818. The maximum Gasteiger partial charge on any atom is 0.220 e. The monoisotopic (exact) mass is 340 g/mol. The van der Waals surface area contributed by atoms with Crippen LogP contribution >= 0.6 is 0 Å². The zero-order chi connectivity index (χ0) is 17.6. The number of carbonyl (C=O) groups excluding carboxylic acids is 2. The van der Waals surface area contributed by atoms with E-state index in [4.69, 9.17) is 9.47 Å². The summed E-state index contributed by atoms with van der Waals surface area (Å²) in [6.07, 6.45) is 1.95. The number of aromatic nitrogens is 1. The van der Waals surface area contributed by atoms with Gasteiger partial charge in [0.25, 0.3) is 0 Å². The molecule has 0 fully saturated rings. The van der Waals surface area contributed by atoms with E-state index in [9.17, 15) is 9.59 Å². The number of benzene rings is 1. The molecule has 0 saturated heterocycles. The molecule has 2 aromatic rings. The highest BCUT2D eigenvalue weighted by atomic mass is 16.6. The second-order valence-electron chi connectivity index (χ2n) is 5.83. The molecule has 1 aromatic heterocycles. The van der Waals surface area contributed by atoms with Gasteiger partial charge in [-0.3, -0.25) is 14.6 Å². The van der Waals surface area contributed by atoms with Gasteiger partial charge in [-0.15, -0.1) is 0 Å². The van der Waals surface area contributed by atoms with Gasteiger partial charge >= 0.3 is 0 Å². The normalized spacial score (nSPS) is 13.8. The summed E-state index contributed by atoms with van der Waals surface area (Å²) in [5, 5.41) is 2.85. The van der Waals surface area contributed by atoms with Crippen molar-refractivity contribution in [1.82, 2.24) is 10.3 Å². The summed E-state index contributed by atoms with van der Waals surface area (Å²) >= 11 is 0. The number of fused-ring (bicyclic) bond motifs is 1. The third-order valence-corrected chi connectivity index (χ3v) is 3.95. The fraction of sp³-hybridized carbons (Fsp3) is 0.316. The van der Waals surface area contributed by atoms with Gasteiger partial charge in [-0.05, 0) is 37.3 Å². The van der Waals surface area contributed by atoms with E-state index in [0.29, 0.717) is 30.3 Å². The van der Waals surface area contributed by atoms with Crippen LogP contribution in [0.15, 0.2) is 42.6 Å². The van der Waals surface area contributed by atoms with Crippen LogP contribution in [-0.2, 0) is 4.79 Å². The number of hydrogen-bond donors (Lipinski definition) is 1. The molecule has 1 aromatic carbocycles. The van der Waals surface area contributed by atoms with Crippen molar-refractivity contribution in [1.29, 1.82) is 0 Å². The van der Waals surface area contributed by atoms with Crippen molar-refractivity contribution in [3.05, 3.63) is 53.9 Å². The lowest BCUT2D eigenvalue weighted by Gasteiger charge is -2.18. The molecule has 1 amide bonds. The minimum atomic E-state index is -0.196. The zero-order valence-corrected chi connectivity index (χ0v) is 14.0. The lowest BCUT2D eigenvalue weighted by molar-refractivity contribution is -0.121. The Morgan fingerprint density at radius 2 is 1.92 bits per heavy atom. The van der Waals surface area contributed by atoms with Gasteiger partial charge in [0.1, 0.15) is 13.2 Å². The first-order valence-corrected chi connectivity index (χ1v) is 8.26. The molecule has 25 heavy (non-hydrogen) atoms. The predicted molar refractivity (Wildman–Crippen MR) is 91.8 cm³/mol. The van der Waals surface area contributed by atoms with Crippen molar-refractivity contribution in [3.8, 4) is 11.5 Å². The number of hydrogen-bond acceptors (Lipinski definition) is 5. The van der Waals surface area contributed by atoms with E-state index in [1.807, 2.05) is 25.1 Å². The third kappa shape index (κ3) is 4.35. The zero-order valence-electron chi connectivity index (χ0n) is 14.0. The van der Waals surface area contributed by atoms with Crippen LogP contribution in [0, 0.1) is 0 Å². The van der Waals surface area contributed by atoms with E-state index < -0.39 is 0 Å². The third-order valence-electron chi connectivity index (χ3n) is 3.95. The minimum absolute atomic E-state index is 0.0994. The van der Waals surface area contributed by atoms with Crippen LogP contribution in [0.3, 0.4) is 0 Å². The number of ether oxygens (including phenoxy) is 2. The van der Waals surface area contributed by atoms with Gasteiger partial charge in [-0.2, -0.15) is 0 Å². The number of pyridine rings is 1. The number of nitrogens with zero attached hydrogens (tertiary/aromatic N) is 1. The summed E-state index contributed by atoms with van der Waals surface area (Å²) in [6, 6.07) is 10.4. The number of amides is 1. The summed E-state index contributed by atoms with van der Waals surface area (Å²) in [7, 11) is 0. The molecule has 1 unspecified atom stereocenters. The van der Waals surface area contributed by atoms with Crippen LogP contribution in [0.1, 0.15) is 41.9 Å². The second kappa shape index (κ2) is 7.79. The van der Waals surface area contributed by atoms with Crippen molar-refractivity contribution in [2.75, 3.05) is 13.2 Å². The van der Waals surface area contributed by atoms with Crippen molar-refractivity contribution in [3.63, 3.8) is 0 Å². The first-order chi connectivity index (χ1) is 12.1. The van der Waals surface area contributed by atoms with Crippen LogP contribution < -0.4 is 14.8 Å². The van der Waals surface area contributed by atoms with Crippen molar-refractivity contribution >= 4 is 11.7 Å². The van der Waals surface area contributed by atoms with Gasteiger partial charge in [0, 0.05) is 24.6 Å². The molecule has 1 aliphatic rings. The molecule has 130 valence electrons. The van der Waals surface area contributed by atoms with Crippen molar-refractivity contribution in [2.24, 2.45) is 0 Å². The van der Waals surface area contributed by atoms with E-state index in [1.165, 1.54) is 0 Å². The highest BCUT2D eigenvalue weighted by molar-refractivity contribution is 5.98. The standard InChI is InChI=1S/C19H20N2O4/c1-13(15-4-2-3-9-20-15)21-19(23)8-6-16(22)14-5-7-17-18(12-14)25-11-10-24-17/h2-5,7,9,12-13H,6,8,10-11H2,1H3,(H,21,23). The summed E-state index contributed by atoms with van der Waals surface area (Å²) < 4.78 is 10.9. The fourth-order valence-corrected chi connectivity index (χ4v) is 2.61. The average molecular weight is 340 g/mol. The van der Waals surface area contributed by atoms with E-state index in [-0.39, 0.29) is 30.6 Å². The van der Waals surface area contributed by atoms with E-state index in [2.05, 4.69) is 10.3 Å². The lowest BCUT2D eigenvalue weighted by Crippen LogP contribution is -2.27. The molecule has 2 heterocycles. The molecule has 0 spiro atoms. The van der Waals surface area contributed by atoms with Gasteiger partial charge in [0.2, 0.25) is 5.91 Å². The summed E-state index contributed by atoms with van der Waals surface area (Å²) in [4.78, 5) is 28.6. The topological polar surface area (TPSA) is 77.5 Å². The number of rotatable bonds is 6. The van der Waals surface area contributed by atoms with Crippen LogP contribution in [0.25, 0.3) is 0 Å². The molecular weight excluding hydrogens is 320 g/mol. The smallest absolute Gasteiger partial charge is 0.220 e. The highest BCUT2D eigenvalue weighted by Gasteiger charge is 2.16. The number of Topliss-reactive ketones (excluding diaryl/α,β-unsaturated/α-hetero) is 1. The molecule has 3 rings (SSSR count). The van der Waals surface area contributed by atoms with E-state index in [0.717, 1.165) is 5.69 Å². The maximum absolute atomic E-state index is 12.3. The molecule has 0 radical (unpaired) electrons. The Morgan fingerprint density at radius 1 is 1.12 bits per heavy atom. The van der Waals surface area contributed by atoms with Crippen molar-refractivity contribution < 1.29 is 19.1 Å². The van der Waals surface area contributed by atoms with E-state index in [1.54, 1.807) is 24.4 Å². The molecular formula is C19H20N2O4. The Hall–Kier alpha value is -2.89. The van der Waals surface area contributed by atoms with E-state index >= 15 is 0 Å². The molecule has 0 saturated carbocycles. The lowest BCUT2D eigenvalue weighted by atomic mass is 10.1. The largest absolute Gasteiger partial charge is 0.486 e.